The van der Waals surface area contributed by atoms with Crippen LogP contribution < -0.4 is 4.74 Å². The molecule has 2 aromatic heterocycles. The number of aliphatic imine (C=N–C) groups is 1. The van der Waals surface area contributed by atoms with Gasteiger partial charge in [0.2, 0.25) is 0 Å². The highest BCUT2D eigenvalue weighted by molar-refractivity contribution is 6.00. The summed E-state index contributed by atoms with van der Waals surface area (Å²) < 4.78 is 5.65. The number of ether oxygens (including phenoxy) is 1. The van der Waals surface area contributed by atoms with Crippen LogP contribution in [0.4, 0.5) is 0 Å². The van der Waals surface area contributed by atoms with Gasteiger partial charge in [-0.3, -0.25) is 4.99 Å². The van der Waals surface area contributed by atoms with Crippen molar-refractivity contribution in [1.82, 2.24) is 9.97 Å². The van der Waals surface area contributed by atoms with E-state index in [1.807, 2.05) is 12.3 Å². The van der Waals surface area contributed by atoms with Crippen LogP contribution in [0, 0.1) is 5.92 Å². The second-order valence-corrected chi connectivity index (χ2v) is 7.89. The summed E-state index contributed by atoms with van der Waals surface area (Å²) in [4.78, 5) is 11.8. The summed E-state index contributed by atoms with van der Waals surface area (Å²) in [6, 6.07) is 6.12. The third-order valence-electron chi connectivity index (χ3n) is 6.00. The molecule has 0 amide bonds. The van der Waals surface area contributed by atoms with E-state index in [2.05, 4.69) is 41.2 Å². The highest BCUT2D eigenvalue weighted by atomic mass is 16.5. The first-order valence-electron chi connectivity index (χ1n) is 10.7. The van der Waals surface area contributed by atoms with Gasteiger partial charge in [-0.25, -0.2) is 0 Å². The monoisotopic (exact) mass is 377 g/mol. The highest BCUT2D eigenvalue weighted by Gasteiger charge is 2.23. The molecule has 0 spiro atoms. The molecule has 0 saturated carbocycles. The number of allylic oxidation sites excluding steroid dienone is 2. The number of rotatable bonds is 4. The lowest BCUT2D eigenvalue weighted by Crippen LogP contribution is -2.04. The van der Waals surface area contributed by atoms with E-state index in [-0.39, 0.29) is 0 Å². The maximum atomic E-state index is 5.65. The Morgan fingerprint density at radius 2 is 2.04 bits per heavy atom. The Hall–Kier alpha value is -2.49. The molecule has 148 valence electrons. The summed E-state index contributed by atoms with van der Waals surface area (Å²) in [5, 5.41) is 0. The van der Waals surface area contributed by atoms with E-state index in [0.29, 0.717) is 5.92 Å². The van der Waals surface area contributed by atoms with Gasteiger partial charge in [-0.15, -0.1) is 0 Å². The molecule has 0 saturated heterocycles. The van der Waals surface area contributed by atoms with Crippen LogP contribution in [0.5, 0.6) is 5.75 Å². The number of aromatic nitrogens is 2. The SMILES string of the molecule is CCC1CCCCCCCC2=NC(=Cc3[nH]c(-c4ccc[nH]4)cc3OC)C1=C2. The molecule has 0 radical (unpaired) electrons. The number of hydrogen-bond acceptors (Lipinski definition) is 2. The first-order chi connectivity index (χ1) is 13.8. The molecule has 3 heterocycles. The molecule has 2 bridgehead atoms. The van der Waals surface area contributed by atoms with E-state index >= 15 is 0 Å². The maximum absolute atomic E-state index is 5.65. The number of hydrogen-bond donors (Lipinski definition) is 2. The second kappa shape index (κ2) is 8.68. The quantitative estimate of drug-likeness (QED) is 0.627. The number of aromatic amines is 2. The summed E-state index contributed by atoms with van der Waals surface area (Å²) >= 11 is 0. The molecule has 2 aromatic rings. The smallest absolute Gasteiger partial charge is 0.144 e. The average Bonchev–Trinajstić information content (AvgIpc) is 3.43. The molecule has 0 aromatic carbocycles. The van der Waals surface area contributed by atoms with Gasteiger partial charge in [0.15, 0.2) is 0 Å². The van der Waals surface area contributed by atoms with Crippen LogP contribution >= 0.6 is 0 Å². The van der Waals surface area contributed by atoms with Crippen molar-refractivity contribution in [2.45, 2.75) is 58.3 Å². The lowest BCUT2D eigenvalue weighted by Gasteiger charge is -2.17. The molecule has 28 heavy (non-hydrogen) atoms. The van der Waals surface area contributed by atoms with Crippen LogP contribution in [0.1, 0.15) is 64.0 Å². The Labute approximate surface area is 167 Å². The van der Waals surface area contributed by atoms with Crippen LogP contribution in [-0.4, -0.2) is 22.8 Å². The lowest BCUT2D eigenvalue weighted by atomic mass is 9.88. The van der Waals surface area contributed by atoms with E-state index in [1.165, 1.54) is 56.2 Å². The van der Waals surface area contributed by atoms with E-state index in [1.54, 1.807) is 7.11 Å². The number of nitrogens with zero attached hydrogens (tertiary/aromatic N) is 1. The summed E-state index contributed by atoms with van der Waals surface area (Å²) in [6.45, 7) is 2.30. The van der Waals surface area contributed by atoms with Crippen molar-refractivity contribution in [3.63, 3.8) is 0 Å². The van der Waals surface area contributed by atoms with E-state index < -0.39 is 0 Å². The van der Waals surface area contributed by atoms with Crippen LogP contribution in [0.15, 0.2) is 46.7 Å². The number of H-pyrrole nitrogens is 2. The van der Waals surface area contributed by atoms with Crippen LogP contribution in [0.25, 0.3) is 17.5 Å². The number of fused-ring (bicyclic) bond motifs is 1. The molecule has 4 nitrogen and oxygen atoms in total. The van der Waals surface area contributed by atoms with Crippen molar-refractivity contribution in [1.29, 1.82) is 0 Å². The summed E-state index contributed by atoms with van der Waals surface area (Å²) in [6.07, 6.45) is 16.6. The van der Waals surface area contributed by atoms with Crippen LogP contribution in [-0.2, 0) is 0 Å². The van der Waals surface area contributed by atoms with Crippen molar-refractivity contribution >= 4 is 11.8 Å². The fraction of sp³-hybridized carbons (Fsp3) is 0.458. The van der Waals surface area contributed by atoms with Crippen molar-refractivity contribution in [2.24, 2.45) is 10.9 Å². The van der Waals surface area contributed by atoms with E-state index in [9.17, 15) is 0 Å². The zero-order valence-electron chi connectivity index (χ0n) is 17.1. The number of methoxy groups -OCH3 is 1. The van der Waals surface area contributed by atoms with Gasteiger partial charge in [0.05, 0.1) is 29.9 Å². The highest BCUT2D eigenvalue weighted by Crippen LogP contribution is 2.36. The molecular weight excluding hydrogens is 346 g/mol. The molecule has 1 aliphatic heterocycles. The summed E-state index contributed by atoms with van der Waals surface area (Å²) in [5.74, 6) is 1.45. The van der Waals surface area contributed by atoms with Crippen LogP contribution in [0.2, 0.25) is 0 Å². The zero-order chi connectivity index (χ0) is 19.3. The molecule has 0 fully saturated rings. The van der Waals surface area contributed by atoms with Crippen molar-refractivity contribution in [2.75, 3.05) is 7.11 Å². The Bertz CT molecular complexity index is 883. The van der Waals surface area contributed by atoms with E-state index in [4.69, 9.17) is 9.73 Å². The summed E-state index contributed by atoms with van der Waals surface area (Å²) in [5.41, 5.74) is 6.85. The Balaban J connectivity index is 1.69. The fourth-order valence-electron chi connectivity index (χ4n) is 4.39. The van der Waals surface area contributed by atoms with Gasteiger partial charge in [0.25, 0.3) is 0 Å². The van der Waals surface area contributed by atoms with E-state index in [0.717, 1.165) is 34.9 Å². The predicted octanol–water partition coefficient (Wildman–Crippen LogP) is 6.51. The molecule has 4 heteroatoms. The Morgan fingerprint density at radius 1 is 1.18 bits per heavy atom. The van der Waals surface area contributed by atoms with Gasteiger partial charge in [0, 0.05) is 18.0 Å². The van der Waals surface area contributed by atoms with Gasteiger partial charge < -0.3 is 14.7 Å². The lowest BCUT2D eigenvalue weighted by molar-refractivity contribution is 0.414. The topological polar surface area (TPSA) is 53.2 Å². The Kier molecular flexibility index (Phi) is 5.84. The summed E-state index contributed by atoms with van der Waals surface area (Å²) in [7, 11) is 1.73. The molecule has 4 rings (SSSR count). The maximum Gasteiger partial charge on any atom is 0.144 e. The second-order valence-electron chi connectivity index (χ2n) is 7.89. The molecule has 1 unspecified atom stereocenters. The minimum Gasteiger partial charge on any atom is -0.494 e. The fourth-order valence-corrected chi connectivity index (χ4v) is 4.39. The minimum absolute atomic E-state index is 0.592. The predicted molar refractivity (Wildman–Crippen MR) is 117 cm³/mol. The normalized spacial score (nSPS) is 21.9. The zero-order valence-corrected chi connectivity index (χ0v) is 17.1. The molecule has 1 atom stereocenters. The molecular formula is C24H31N3O. The van der Waals surface area contributed by atoms with Crippen molar-refractivity contribution < 1.29 is 4.74 Å². The largest absolute Gasteiger partial charge is 0.494 e. The molecule has 2 N–H and O–H groups in total. The third kappa shape index (κ3) is 4.01. The van der Waals surface area contributed by atoms with Crippen LogP contribution in [0.3, 0.4) is 0 Å². The molecule has 1 aliphatic carbocycles. The minimum atomic E-state index is 0.592. The van der Waals surface area contributed by atoms with Crippen molar-refractivity contribution in [3.05, 3.63) is 47.4 Å². The van der Waals surface area contributed by atoms with Crippen molar-refractivity contribution in [3.8, 4) is 17.1 Å². The van der Waals surface area contributed by atoms with Gasteiger partial charge in [-0.1, -0.05) is 32.6 Å². The number of nitrogens with one attached hydrogen (secondary N) is 2. The third-order valence-corrected chi connectivity index (χ3v) is 6.00. The first kappa shape index (κ1) is 18.9. The standard InChI is InChI=1S/C24H31N3O/c1-3-17-10-7-5-4-6-8-11-18-14-19(17)21(26-18)15-23-24(28-2)16-22(27-23)20-12-9-13-25-20/h9,12-17,25,27H,3-8,10-11H2,1-2H3. The van der Waals surface area contributed by atoms with Gasteiger partial charge in [-0.2, -0.15) is 0 Å². The van der Waals surface area contributed by atoms with Gasteiger partial charge in [-0.05, 0) is 61.5 Å². The Morgan fingerprint density at radius 3 is 2.82 bits per heavy atom. The average molecular weight is 378 g/mol. The molecule has 2 aliphatic rings. The van der Waals surface area contributed by atoms with Gasteiger partial charge in [0.1, 0.15) is 5.75 Å². The van der Waals surface area contributed by atoms with Gasteiger partial charge >= 0.3 is 0 Å². The first-order valence-corrected chi connectivity index (χ1v) is 10.7.